The molecule has 0 amide bonds. The van der Waals surface area contributed by atoms with Crippen LogP contribution in [0.4, 0.5) is 38.5 Å². The van der Waals surface area contributed by atoms with Crippen molar-refractivity contribution in [1.82, 2.24) is 0 Å². The monoisotopic (exact) mass is 838 g/mol. The van der Waals surface area contributed by atoms with Crippen LogP contribution in [0.25, 0.3) is 10.1 Å². The number of aryl methyl sites for hydroxylation is 1. The number of benzene rings is 5. The van der Waals surface area contributed by atoms with Gasteiger partial charge in [-0.2, -0.15) is 0 Å². The van der Waals surface area contributed by atoms with E-state index in [1.165, 1.54) is 132 Å². The molecule has 0 saturated carbocycles. The summed E-state index contributed by atoms with van der Waals surface area (Å²) >= 11 is 2.00. The molecular weight excluding hydrogens is 775 g/mol. The molecular formula is C57H64BFN2S. The van der Waals surface area contributed by atoms with E-state index in [4.69, 9.17) is 0 Å². The molecule has 5 aromatic carbocycles. The lowest BCUT2D eigenvalue weighted by Gasteiger charge is -2.47. The molecule has 0 unspecified atom stereocenters. The Hall–Kier alpha value is -4.35. The Bertz CT molecular complexity index is 2910. The molecule has 1 aromatic heterocycles. The van der Waals surface area contributed by atoms with Gasteiger partial charge in [0.2, 0.25) is 0 Å². The average Bonchev–Trinajstić information content (AvgIpc) is 3.58. The highest BCUT2D eigenvalue weighted by Gasteiger charge is 2.49. The van der Waals surface area contributed by atoms with Crippen LogP contribution in [-0.2, 0) is 32.5 Å². The summed E-state index contributed by atoms with van der Waals surface area (Å²) in [6.07, 6.45) is 7.04. The maximum Gasteiger partial charge on any atom is 0.264 e. The summed E-state index contributed by atoms with van der Waals surface area (Å²) in [5.74, 6) is -0.211. The number of halogens is 1. The van der Waals surface area contributed by atoms with Crippen LogP contribution >= 0.6 is 11.3 Å². The second kappa shape index (κ2) is 12.7. The van der Waals surface area contributed by atoms with E-state index in [0.717, 1.165) is 5.69 Å². The summed E-state index contributed by atoms with van der Waals surface area (Å²) < 4.78 is 17.6. The molecule has 11 rings (SSSR count). The predicted molar refractivity (Wildman–Crippen MR) is 266 cm³/mol. The lowest BCUT2D eigenvalue weighted by molar-refractivity contribution is 0.332. The first-order valence-electron chi connectivity index (χ1n) is 23.4. The van der Waals surface area contributed by atoms with Gasteiger partial charge in [-0.1, -0.05) is 95.2 Å². The van der Waals surface area contributed by atoms with Crippen LogP contribution in [0.5, 0.6) is 0 Å². The van der Waals surface area contributed by atoms with Gasteiger partial charge < -0.3 is 9.80 Å². The Labute approximate surface area is 375 Å². The zero-order chi connectivity index (χ0) is 43.8. The zero-order valence-electron chi connectivity index (χ0n) is 39.5. The van der Waals surface area contributed by atoms with E-state index >= 15 is 0 Å². The number of anilines is 6. The molecule has 62 heavy (non-hydrogen) atoms. The van der Waals surface area contributed by atoms with Gasteiger partial charge in [-0.25, -0.2) is 4.39 Å². The summed E-state index contributed by atoms with van der Waals surface area (Å²) in [6.45, 7) is 31.7. The Balaban J connectivity index is 1.27. The van der Waals surface area contributed by atoms with Crippen LogP contribution in [0.15, 0.2) is 78.9 Å². The molecule has 3 heterocycles. The van der Waals surface area contributed by atoms with E-state index in [1.54, 1.807) is 12.1 Å². The highest BCUT2D eigenvalue weighted by Crippen LogP contribution is 2.55. The second-order valence-electron chi connectivity index (χ2n) is 24.0. The van der Waals surface area contributed by atoms with Crippen molar-refractivity contribution >= 4 is 78.0 Å². The molecule has 5 aliphatic rings. The van der Waals surface area contributed by atoms with E-state index < -0.39 is 0 Å². The van der Waals surface area contributed by atoms with Gasteiger partial charge in [-0.15, -0.1) is 11.3 Å². The molecule has 3 aliphatic carbocycles. The molecule has 2 aliphatic heterocycles. The van der Waals surface area contributed by atoms with Crippen LogP contribution in [0.1, 0.15) is 161 Å². The second-order valence-corrected chi connectivity index (χ2v) is 25.1. The molecule has 0 fully saturated rings. The third kappa shape index (κ3) is 5.64. The summed E-state index contributed by atoms with van der Waals surface area (Å²) in [5, 5.41) is 1.32. The smallest absolute Gasteiger partial charge is 0.264 e. The highest BCUT2D eigenvalue weighted by atomic mass is 32.1. The fraction of sp³-hybridized carbons (Fsp3) is 0.439. The van der Waals surface area contributed by atoms with Gasteiger partial charge in [0.25, 0.3) is 6.71 Å². The number of thiophene rings is 1. The normalized spacial score (nSPS) is 21.4. The van der Waals surface area contributed by atoms with Crippen LogP contribution < -0.4 is 25.5 Å². The van der Waals surface area contributed by atoms with Crippen LogP contribution in [0.3, 0.4) is 0 Å². The van der Waals surface area contributed by atoms with Crippen molar-refractivity contribution in [3.05, 3.63) is 124 Å². The molecule has 2 nitrogen and oxygen atoms in total. The van der Waals surface area contributed by atoms with Crippen molar-refractivity contribution in [2.75, 3.05) is 9.80 Å². The SMILES string of the molecule is Cc1cc2c3c(c1)N(c1ccc(F)cc1)c1c(sc4cc5c(cc14)C(C)(C)CCC5(C)C)B3c1cc3c(cc1N2c1ccc2c(c1)C(C)(C)CCC2(C)C)C(C)(C)CCC3(C)C. The van der Waals surface area contributed by atoms with Crippen LogP contribution in [0, 0.1) is 12.7 Å². The van der Waals surface area contributed by atoms with Crippen molar-refractivity contribution < 1.29 is 4.39 Å². The first-order valence-corrected chi connectivity index (χ1v) is 24.3. The molecule has 0 spiro atoms. The number of hydrogen-bond donors (Lipinski definition) is 0. The topological polar surface area (TPSA) is 6.48 Å². The summed E-state index contributed by atoms with van der Waals surface area (Å²) in [4.78, 5) is 5.16. The van der Waals surface area contributed by atoms with Crippen molar-refractivity contribution in [3.8, 4) is 0 Å². The Morgan fingerprint density at radius 2 is 0.952 bits per heavy atom. The van der Waals surface area contributed by atoms with Gasteiger partial charge in [-0.05, 0) is 195 Å². The lowest BCUT2D eigenvalue weighted by atomic mass is 9.35. The van der Waals surface area contributed by atoms with Gasteiger partial charge in [-0.3, -0.25) is 0 Å². The van der Waals surface area contributed by atoms with Crippen LogP contribution in [-0.4, -0.2) is 6.71 Å². The van der Waals surface area contributed by atoms with E-state index in [2.05, 4.69) is 154 Å². The number of fused-ring (bicyclic) bond motifs is 9. The minimum Gasteiger partial charge on any atom is -0.311 e. The largest absolute Gasteiger partial charge is 0.311 e. The van der Waals surface area contributed by atoms with Gasteiger partial charge in [0.1, 0.15) is 5.82 Å². The lowest BCUT2D eigenvalue weighted by Crippen LogP contribution is -2.61. The average molecular weight is 839 g/mol. The van der Waals surface area contributed by atoms with Gasteiger partial charge in [0.05, 0.1) is 5.69 Å². The highest BCUT2D eigenvalue weighted by molar-refractivity contribution is 7.33. The van der Waals surface area contributed by atoms with Crippen molar-refractivity contribution in [2.24, 2.45) is 0 Å². The van der Waals surface area contributed by atoms with Crippen molar-refractivity contribution in [2.45, 2.75) is 161 Å². The fourth-order valence-electron chi connectivity index (χ4n) is 12.6. The van der Waals surface area contributed by atoms with Gasteiger partial charge in [0.15, 0.2) is 0 Å². The Morgan fingerprint density at radius 1 is 0.484 bits per heavy atom. The quantitative estimate of drug-likeness (QED) is 0.160. The number of nitrogens with zero attached hydrogens (tertiary/aromatic N) is 2. The minimum absolute atomic E-state index is 0.0353. The third-order valence-electron chi connectivity index (χ3n) is 16.9. The number of hydrogen-bond acceptors (Lipinski definition) is 3. The van der Waals surface area contributed by atoms with Gasteiger partial charge in [0, 0.05) is 43.3 Å². The summed E-state index contributed by atoms with van der Waals surface area (Å²) in [7, 11) is 0. The first kappa shape index (κ1) is 40.4. The first-order chi connectivity index (χ1) is 29.0. The Kier molecular flexibility index (Phi) is 8.27. The molecule has 0 N–H and O–H groups in total. The van der Waals surface area contributed by atoms with E-state index in [0.29, 0.717) is 0 Å². The Morgan fingerprint density at radius 3 is 1.53 bits per heavy atom. The third-order valence-corrected chi connectivity index (χ3v) is 18.1. The van der Waals surface area contributed by atoms with Crippen molar-refractivity contribution in [3.63, 3.8) is 0 Å². The van der Waals surface area contributed by atoms with Gasteiger partial charge >= 0.3 is 0 Å². The van der Waals surface area contributed by atoms with Crippen molar-refractivity contribution in [1.29, 1.82) is 0 Å². The zero-order valence-corrected chi connectivity index (χ0v) is 40.3. The number of rotatable bonds is 2. The molecule has 0 radical (unpaired) electrons. The maximum absolute atomic E-state index is 14.9. The summed E-state index contributed by atoms with van der Waals surface area (Å²) in [5.41, 5.74) is 20.7. The molecule has 318 valence electrons. The molecule has 0 saturated heterocycles. The molecule has 0 atom stereocenters. The van der Waals surface area contributed by atoms with E-state index in [1.807, 2.05) is 23.5 Å². The summed E-state index contributed by atoms with van der Waals surface area (Å²) in [6, 6.07) is 30.0. The van der Waals surface area contributed by atoms with E-state index in [-0.39, 0.29) is 45.0 Å². The molecule has 0 bridgehead atoms. The molecule has 5 heteroatoms. The molecule has 6 aromatic rings. The standard InChI is InChI=1S/C57H64BFN2S/c1-33-26-46-49-47(27-33)61(35-16-14-34(59)15-17-35)50-37-29-40-43(57(12,13)25-22-54(40,6)7)32-48(37)62-51(50)58(49)44-30-41-42(56(10,11)24-23-55(41,8)9)31-45(44)60(46)36-18-19-38-39(28-36)53(4,5)21-20-52(38,2)3/h14-19,26-32H,20-25H2,1-13H3. The van der Waals surface area contributed by atoms with Crippen LogP contribution in [0.2, 0.25) is 0 Å². The maximum atomic E-state index is 14.9. The van der Waals surface area contributed by atoms with E-state index in [9.17, 15) is 4.39 Å². The predicted octanol–water partition coefficient (Wildman–Crippen LogP) is 14.5. The minimum atomic E-state index is -0.211. The fourth-order valence-corrected chi connectivity index (χ4v) is 13.9.